The van der Waals surface area contributed by atoms with E-state index in [2.05, 4.69) is 5.32 Å². The quantitative estimate of drug-likeness (QED) is 0.899. The maximum atomic E-state index is 12.4. The molecule has 114 valence electrons. The molecule has 1 aliphatic heterocycles. The molecule has 1 aromatic rings. The van der Waals surface area contributed by atoms with Crippen LogP contribution in [0.1, 0.15) is 38.3 Å². The number of nitrogens with one attached hydrogen (secondary N) is 1. The first-order valence-corrected chi connectivity index (χ1v) is 7.34. The van der Waals surface area contributed by atoms with Crippen molar-refractivity contribution >= 4 is 12.0 Å². The van der Waals surface area contributed by atoms with Gasteiger partial charge < -0.3 is 15.3 Å². The van der Waals surface area contributed by atoms with E-state index in [0.29, 0.717) is 18.9 Å². The van der Waals surface area contributed by atoms with Crippen molar-refractivity contribution in [3.8, 4) is 0 Å². The molecule has 0 spiro atoms. The largest absolute Gasteiger partial charge is 0.480 e. The highest BCUT2D eigenvalue weighted by Crippen LogP contribution is 2.23. The molecule has 3 unspecified atom stereocenters. The summed E-state index contributed by atoms with van der Waals surface area (Å²) in [5, 5.41) is 12.2. The third-order valence-electron chi connectivity index (χ3n) is 4.05. The predicted octanol–water partition coefficient (Wildman–Crippen LogP) is 2.64. The van der Waals surface area contributed by atoms with E-state index in [1.165, 1.54) is 4.90 Å². The number of urea groups is 1. The Kier molecular flexibility index (Phi) is 4.83. The zero-order valence-electron chi connectivity index (χ0n) is 12.5. The second kappa shape index (κ2) is 6.61. The lowest BCUT2D eigenvalue weighted by Crippen LogP contribution is -2.53. The number of hydrogen-bond acceptors (Lipinski definition) is 2. The fourth-order valence-electron chi connectivity index (χ4n) is 2.71. The highest BCUT2D eigenvalue weighted by molar-refractivity contribution is 5.83. The van der Waals surface area contributed by atoms with Crippen molar-refractivity contribution in [1.82, 2.24) is 10.2 Å². The molecule has 2 rings (SSSR count). The molecule has 1 saturated heterocycles. The number of likely N-dealkylation sites (tertiary alicyclic amines) is 1. The van der Waals surface area contributed by atoms with Crippen molar-refractivity contribution in [3.63, 3.8) is 0 Å². The van der Waals surface area contributed by atoms with Crippen LogP contribution in [0.25, 0.3) is 0 Å². The molecule has 5 heteroatoms. The summed E-state index contributed by atoms with van der Waals surface area (Å²) in [5.41, 5.74) is 1.00. The van der Waals surface area contributed by atoms with E-state index in [0.717, 1.165) is 12.0 Å². The SMILES string of the molecule is CC1CCN(C(=O)NC(C)c2ccccc2)C(C(=O)O)C1. The number of carboxylic acid groups (broad SMARTS) is 1. The lowest BCUT2D eigenvalue weighted by molar-refractivity contribution is -0.143. The average Bonchev–Trinajstić information content (AvgIpc) is 2.47. The number of amides is 2. The molecule has 0 radical (unpaired) electrons. The number of carbonyl (C=O) groups excluding carboxylic acids is 1. The van der Waals surface area contributed by atoms with Crippen molar-refractivity contribution in [3.05, 3.63) is 35.9 Å². The summed E-state index contributed by atoms with van der Waals surface area (Å²) in [7, 11) is 0. The van der Waals surface area contributed by atoms with E-state index in [1.54, 1.807) is 0 Å². The van der Waals surface area contributed by atoms with Crippen LogP contribution >= 0.6 is 0 Å². The highest BCUT2D eigenvalue weighted by atomic mass is 16.4. The molecule has 1 fully saturated rings. The zero-order chi connectivity index (χ0) is 15.4. The lowest BCUT2D eigenvalue weighted by atomic mass is 9.92. The molecule has 2 N–H and O–H groups in total. The first-order chi connectivity index (χ1) is 9.99. The minimum Gasteiger partial charge on any atom is -0.480 e. The van der Waals surface area contributed by atoms with Gasteiger partial charge in [-0.2, -0.15) is 0 Å². The topological polar surface area (TPSA) is 69.6 Å². The molecule has 5 nitrogen and oxygen atoms in total. The third-order valence-corrected chi connectivity index (χ3v) is 4.05. The van der Waals surface area contributed by atoms with Gasteiger partial charge >= 0.3 is 12.0 Å². The highest BCUT2D eigenvalue weighted by Gasteiger charge is 2.35. The van der Waals surface area contributed by atoms with E-state index in [1.807, 2.05) is 44.2 Å². The Balaban J connectivity index is 2.03. The number of aliphatic carboxylic acids is 1. The molecule has 1 heterocycles. The third kappa shape index (κ3) is 3.74. The summed E-state index contributed by atoms with van der Waals surface area (Å²) in [6.45, 7) is 4.42. The Morgan fingerprint density at radius 2 is 2.00 bits per heavy atom. The predicted molar refractivity (Wildman–Crippen MR) is 79.9 cm³/mol. The van der Waals surface area contributed by atoms with Gasteiger partial charge in [-0.05, 0) is 31.2 Å². The second-order valence-corrected chi connectivity index (χ2v) is 5.76. The maximum Gasteiger partial charge on any atom is 0.326 e. The van der Waals surface area contributed by atoms with Gasteiger partial charge in [-0.25, -0.2) is 9.59 Å². The van der Waals surface area contributed by atoms with Crippen molar-refractivity contribution in [1.29, 1.82) is 0 Å². The van der Waals surface area contributed by atoms with Crippen LogP contribution in [0.15, 0.2) is 30.3 Å². The molecular formula is C16H22N2O3. The molecule has 0 aromatic heterocycles. The summed E-state index contributed by atoms with van der Waals surface area (Å²) in [4.78, 5) is 25.1. The zero-order valence-corrected chi connectivity index (χ0v) is 12.5. The van der Waals surface area contributed by atoms with Crippen LogP contribution in [0.3, 0.4) is 0 Å². The van der Waals surface area contributed by atoms with Crippen molar-refractivity contribution in [2.45, 2.75) is 38.8 Å². The molecule has 1 aliphatic rings. The standard InChI is InChI=1S/C16H22N2O3/c1-11-8-9-18(14(10-11)15(19)20)16(21)17-12(2)13-6-4-3-5-7-13/h3-7,11-12,14H,8-10H2,1-2H3,(H,17,21)(H,19,20). The normalized spacial score (nSPS) is 23.4. The van der Waals surface area contributed by atoms with Gasteiger partial charge in [0.2, 0.25) is 0 Å². The summed E-state index contributed by atoms with van der Waals surface area (Å²) in [5.74, 6) is -0.592. The van der Waals surface area contributed by atoms with E-state index in [4.69, 9.17) is 0 Å². The van der Waals surface area contributed by atoms with E-state index in [-0.39, 0.29) is 12.1 Å². The van der Waals surface area contributed by atoms with Crippen LogP contribution in [0.4, 0.5) is 4.79 Å². The fraction of sp³-hybridized carbons (Fsp3) is 0.500. The van der Waals surface area contributed by atoms with Gasteiger partial charge in [0.1, 0.15) is 6.04 Å². The smallest absolute Gasteiger partial charge is 0.326 e. The molecule has 2 amide bonds. The fourth-order valence-corrected chi connectivity index (χ4v) is 2.71. The Labute approximate surface area is 125 Å². The summed E-state index contributed by atoms with van der Waals surface area (Å²) in [6.07, 6.45) is 1.36. The summed E-state index contributed by atoms with van der Waals surface area (Å²) >= 11 is 0. The van der Waals surface area contributed by atoms with Gasteiger partial charge in [-0.15, -0.1) is 0 Å². The van der Waals surface area contributed by atoms with Crippen LogP contribution in [-0.2, 0) is 4.79 Å². The van der Waals surface area contributed by atoms with Crippen LogP contribution in [0.2, 0.25) is 0 Å². The van der Waals surface area contributed by atoms with Crippen LogP contribution in [-0.4, -0.2) is 34.6 Å². The Hall–Kier alpha value is -2.04. The number of rotatable bonds is 3. The molecular weight excluding hydrogens is 268 g/mol. The number of nitrogens with zero attached hydrogens (tertiary/aromatic N) is 1. The number of hydrogen-bond donors (Lipinski definition) is 2. The monoisotopic (exact) mass is 290 g/mol. The van der Waals surface area contributed by atoms with Gasteiger partial charge in [0.15, 0.2) is 0 Å². The molecule has 0 bridgehead atoms. The number of piperidine rings is 1. The maximum absolute atomic E-state index is 12.4. The van der Waals surface area contributed by atoms with Gasteiger partial charge in [0.05, 0.1) is 6.04 Å². The summed E-state index contributed by atoms with van der Waals surface area (Å²) in [6, 6.07) is 8.47. The van der Waals surface area contributed by atoms with E-state index >= 15 is 0 Å². The first kappa shape index (κ1) is 15.4. The number of benzene rings is 1. The van der Waals surface area contributed by atoms with Crippen molar-refractivity contribution < 1.29 is 14.7 Å². The molecule has 0 saturated carbocycles. The van der Waals surface area contributed by atoms with Crippen LogP contribution in [0, 0.1) is 5.92 Å². The molecule has 3 atom stereocenters. The molecule has 21 heavy (non-hydrogen) atoms. The number of carboxylic acids is 1. The second-order valence-electron chi connectivity index (χ2n) is 5.76. The van der Waals surface area contributed by atoms with Crippen LogP contribution in [0.5, 0.6) is 0 Å². The first-order valence-electron chi connectivity index (χ1n) is 7.34. The Bertz CT molecular complexity index is 504. The van der Waals surface area contributed by atoms with Gasteiger partial charge in [-0.3, -0.25) is 0 Å². The summed E-state index contributed by atoms with van der Waals surface area (Å²) < 4.78 is 0. The van der Waals surface area contributed by atoms with Crippen molar-refractivity contribution in [2.75, 3.05) is 6.54 Å². The molecule has 0 aliphatic carbocycles. The van der Waals surface area contributed by atoms with Gasteiger partial charge in [-0.1, -0.05) is 37.3 Å². The minimum absolute atomic E-state index is 0.146. The van der Waals surface area contributed by atoms with Gasteiger partial charge in [0.25, 0.3) is 0 Å². The van der Waals surface area contributed by atoms with Gasteiger partial charge in [0, 0.05) is 6.54 Å². The van der Waals surface area contributed by atoms with E-state index in [9.17, 15) is 14.7 Å². The van der Waals surface area contributed by atoms with E-state index < -0.39 is 12.0 Å². The van der Waals surface area contributed by atoms with Crippen molar-refractivity contribution in [2.24, 2.45) is 5.92 Å². The Morgan fingerprint density at radius 1 is 1.33 bits per heavy atom. The lowest BCUT2D eigenvalue weighted by Gasteiger charge is -2.36. The minimum atomic E-state index is -0.927. The molecule has 1 aromatic carbocycles. The Morgan fingerprint density at radius 3 is 2.62 bits per heavy atom. The number of carbonyl (C=O) groups is 2. The van der Waals surface area contributed by atoms with Crippen LogP contribution < -0.4 is 5.32 Å². The average molecular weight is 290 g/mol.